The van der Waals surface area contributed by atoms with Crippen LogP contribution in [0, 0.1) is 0 Å². The quantitative estimate of drug-likeness (QED) is 0.835. The van der Waals surface area contributed by atoms with Gasteiger partial charge in [-0.3, -0.25) is 4.79 Å². The second-order valence-corrected chi connectivity index (χ2v) is 5.14. The highest BCUT2D eigenvalue weighted by molar-refractivity contribution is 6.32. The largest absolute Gasteiger partial charge is 0.377 e. The standard InChI is InChI=1S/C13H18ClN3O/c1-3-8-17-12(18)11(14)10(9-15-17)16-13(4-2)6-5-7-13/h3,9,16H,1,4-8H2,2H3. The normalized spacial score (nSPS) is 17.0. The number of hydrogen-bond donors (Lipinski definition) is 1. The lowest BCUT2D eigenvalue weighted by molar-refractivity contribution is 0.269. The third kappa shape index (κ3) is 2.29. The topological polar surface area (TPSA) is 46.9 Å². The number of allylic oxidation sites excluding steroid dienone is 1. The molecule has 1 aliphatic rings. The maximum absolute atomic E-state index is 11.9. The van der Waals surface area contributed by atoms with E-state index in [2.05, 4.69) is 23.9 Å². The number of nitrogens with one attached hydrogen (secondary N) is 1. The first-order valence-electron chi connectivity index (χ1n) is 6.26. The third-order valence-corrected chi connectivity index (χ3v) is 4.04. The fourth-order valence-corrected chi connectivity index (χ4v) is 2.45. The summed E-state index contributed by atoms with van der Waals surface area (Å²) < 4.78 is 1.31. The Labute approximate surface area is 112 Å². The maximum Gasteiger partial charge on any atom is 0.287 e. The van der Waals surface area contributed by atoms with E-state index in [9.17, 15) is 4.79 Å². The van der Waals surface area contributed by atoms with E-state index >= 15 is 0 Å². The summed E-state index contributed by atoms with van der Waals surface area (Å²) in [7, 11) is 0. The average Bonchev–Trinajstić information content (AvgIpc) is 2.33. The van der Waals surface area contributed by atoms with E-state index in [0.29, 0.717) is 12.2 Å². The first-order chi connectivity index (χ1) is 8.62. The molecule has 1 aromatic rings. The number of nitrogens with zero attached hydrogens (tertiary/aromatic N) is 2. The van der Waals surface area contributed by atoms with E-state index in [1.54, 1.807) is 12.3 Å². The van der Waals surface area contributed by atoms with Crippen LogP contribution < -0.4 is 10.9 Å². The maximum atomic E-state index is 11.9. The van der Waals surface area contributed by atoms with Crippen LogP contribution in [-0.4, -0.2) is 15.3 Å². The van der Waals surface area contributed by atoms with Gasteiger partial charge in [-0.05, 0) is 25.7 Å². The molecular weight excluding hydrogens is 250 g/mol. The summed E-state index contributed by atoms with van der Waals surface area (Å²) in [6.45, 7) is 6.10. The van der Waals surface area contributed by atoms with Gasteiger partial charge in [-0.1, -0.05) is 24.6 Å². The van der Waals surface area contributed by atoms with Gasteiger partial charge in [0, 0.05) is 5.54 Å². The Morgan fingerprint density at radius 2 is 2.39 bits per heavy atom. The van der Waals surface area contributed by atoms with Gasteiger partial charge in [0.15, 0.2) is 0 Å². The molecule has 0 atom stereocenters. The molecular formula is C13H18ClN3O. The molecule has 1 saturated carbocycles. The second kappa shape index (κ2) is 5.14. The van der Waals surface area contributed by atoms with Crippen LogP contribution in [0.4, 0.5) is 5.69 Å². The second-order valence-electron chi connectivity index (χ2n) is 4.76. The molecule has 0 saturated heterocycles. The predicted molar refractivity (Wildman–Crippen MR) is 74.2 cm³/mol. The number of hydrogen-bond acceptors (Lipinski definition) is 3. The molecule has 0 unspecified atom stereocenters. The van der Waals surface area contributed by atoms with Crippen molar-refractivity contribution >= 4 is 17.3 Å². The van der Waals surface area contributed by atoms with Crippen LogP contribution in [0.15, 0.2) is 23.6 Å². The fraction of sp³-hybridized carbons (Fsp3) is 0.538. The van der Waals surface area contributed by atoms with Crippen molar-refractivity contribution in [1.29, 1.82) is 0 Å². The molecule has 5 heteroatoms. The molecule has 1 heterocycles. The minimum Gasteiger partial charge on any atom is -0.377 e. The summed E-state index contributed by atoms with van der Waals surface area (Å²) in [5.74, 6) is 0. The van der Waals surface area contributed by atoms with Crippen LogP contribution in [0.2, 0.25) is 5.02 Å². The Hall–Kier alpha value is -1.29. The van der Waals surface area contributed by atoms with E-state index in [4.69, 9.17) is 11.6 Å². The zero-order valence-electron chi connectivity index (χ0n) is 10.6. The zero-order valence-corrected chi connectivity index (χ0v) is 11.3. The van der Waals surface area contributed by atoms with Gasteiger partial charge in [0.1, 0.15) is 5.02 Å². The summed E-state index contributed by atoms with van der Waals surface area (Å²) in [4.78, 5) is 11.9. The van der Waals surface area contributed by atoms with Gasteiger partial charge in [0.05, 0.1) is 18.4 Å². The van der Waals surface area contributed by atoms with Crippen molar-refractivity contribution in [3.05, 3.63) is 34.2 Å². The highest BCUT2D eigenvalue weighted by Crippen LogP contribution is 2.38. The van der Waals surface area contributed by atoms with Crippen LogP contribution in [0.3, 0.4) is 0 Å². The summed E-state index contributed by atoms with van der Waals surface area (Å²) in [5, 5.41) is 7.69. The van der Waals surface area contributed by atoms with Gasteiger partial charge >= 0.3 is 0 Å². The van der Waals surface area contributed by atoms with Crippen molar-refractivity contribution in [1.82, 2.24) is 9.78 Å². The highest BCUT2D eigenvalue weighted by atomic mass is 35.5. The molecule has 1 N–H and O–H groups in total. The van der Waals surface area contributed by atoms with Crippen LogP contribution in [-0.2, 0) is 6.54 Å². The predicted octanol–water partition coefficient (Wildman–Crippen LogP) is 2.83. The van der Waals surface area contributed by atoms with Gasteiger partial charge < -0.3 is 5.32 Å². The van der Waals surface area contributed by atoms with Gasteiger partial charge in [-0.2, -0.15) is 5.10 Å². The van der Waals surface area contributed by atoms with Crippen LogP contribution in [0.25, 0.3) is 0 Å². The molecule has 0 spiro atoms. The Morgan fingerprint density at radius 3 is 2.89 bits per heavy atom. The van der Waals surface area contributed by atoms with Gasteiger partial charge in [0.25, 0.3) is 5.56 Å². The Balaban J connectivity index is 2.27. The summed E-state index contributed by atoms with van der Waals surface area (Å²) >= 11 is 6.11. The first-order valence-corrected chi connectivity index (χ1v) is 6.64. The van der Waals surface area contributed by atoms with Gasteiger partial charge in [-0.15, -0.1) is 6.58 Å². The molecule has 1 fully saturated rings. The molecule has 4 nitrogen and oxygen atoms in total. The summed E-state index contributed by atoms with van der Waals surface area (Å²) in [5.41, 5.74) is 0.471. The van der Waals surface area contributed by atoms with Gasteiger partial charge in [0.2, 0.25) is 0 Å². The summed E-state index contributed by atoms with van der Waals surface area (Å²) in [6, 6.07) is 0. The van der Waals surface area contributed by atoms with E-state index in [0.717, 1.165) is 19.3 Å². The van der Waals surface area contributed by atoms with Crippen molar-refractivity contribution in [2.24, 2.45) is 0 Å². The molecule has 18 heavy (non-hydrogen) atoms. The van der Waals surface area contributed by atoms with Crippen molar-refractivity contribution in [2.45, 2.75) is 44.7 Å². The molecule has 0 aliphatic heterocycles. The van der Waals surface area contributed by atoms with Crippen molar-refractivity contribution < 1.29 is 0 Å². The monoisotopic (exact) mass is 267 g/mol. The molecule has 0 radical (unpaired) electrons. The SMILES string of the molecule is C=CCn1ncc(NC2(CC)CCC2)c(Cl)c1=O. The minimum absolute atomic E-state index is 0.0996. The number of aromatic nitrogens is 2. The number of halogens is 1. The Morgan fingerprint density at radius 1 is 1.67 bits per heavy atom. The van der Waals surface area contributed by atoms with Crippen molar-refractivity contribution in [3.63, 3.8) is 0 Å². The van der Waals surface area contributed by atoms with E-state index in [1.165, 1.54) is 11.1 Å². The Bertz CT molecular complexity index is 500. The number of anilines is 1. The van der Waals surface area contributed by atoms with Crippen LogP contribution in [0.1, 0.15) is 32.6 Å². The fourth-order valence-electron chi connectivity index (χ4n) is 2.26. The molecule has 2 rings (SSSR count). The third-order valence-electron chi connectivity index (χ3n) is 3.67. The average molecular weight is 268 g/mol. The van der Waals surface area contributed by atoms with Crippen LogP contribution in [0.5, 0.6) is 0 Å². The number of rotatable bonds is 5. The molecule has 1 aromatic heterocycles. The molecule has 0 bridgehead atoms. The Kier molecular flexibility index (Phi) is 3.76. The smallest absolute Gasteiger partial charge is 0.287 e. The van der Waals surface area contributed by atoms with Crippen molar-refractivity contribution in [3.8, 4) is 0 Å². The highest BCUT2D eigenvalue weighted by Gasteiger charge is 2.35. The van der Waals surface area contributed by atoms with Gasteiger partial charge in [-0.25, -0.2) is 4.68 Å². The van der Waals surface area contributed by atoms with Crippen LogP contribution >= 0.6 is 11.6 Å². The first kappa shape index (κ1) is 13.1. The van der Waals surface area contributed by atoms with E-state index in [-0.39, 0.29) is 16.1 Å². The molecule has 1 aliphatic carbocycles. The zero-order chi connectivity index (χ0) is 13.2. The lowest BCUT2D eigenvalue weighted by atomic mass is 9.75. The lowest BCUT2D eigenvalue weighted by Gasteiger charge is -2.42. The lowest BCUT2D eigenvalue weighted by Crippen LogP contribution is -2.44. The molecule has 98 valence electrons. The molecule has 0 amide bonds. The van der Waals surface area contributed by atoms with Crippen molar-refractivity contribution in [2.75, 3.05) is 5.32 Å². The summed E-state index contributed by atoms with van der Waals surface area (Å²) in [6.07, 6.45) is 7.74. The van der Waals surface area contributed by atoms with E-state index in [1.807, 2.05) is 0 Å². The van der Waals surface area contributed by atoms with E-state index < -0.39 is 0 Å². The molecule has 0 aromatic carbocycles. The minimum atomic E-state index is -0.271.